The van der Waals surface area contributed by atoms with Crippen molar-refractivity contribution in [1.82, 2.24) is 9.91 Å². The van der Waals surface area contributed by atoms with Gasteiger partial charge in [0.1, 0.15) is 13.1 Å². The molecule has 1 aromatic rings. The summed E-state index contributed by atoms with van der Waals surface area (Å²) < 4.78 is 4.83. The second kappa shape index (κ2) is 7.19. The lowest BCUT2D eigenvalue weighted by molar-refractivity contribution is -0.988. The molecule has 0 bridgehead atoms. The number of hydrogen-bond acceptors (Lipinski definition) is 4. The summed E-state index contributed by atoms with van der Waals surface area (Å²) >= 11 is 0. The van der Waals surface area contributed by atoms with Crippen LogP contribution in [-0.2, 0) is 11.3 Å². The van der Waals surface area contributed by atoms with Gasteiger partial charge in [-0.2, -0.15) is 9.60 Å². The molecule has 0 aromatic heterocycles. The number of nitrogens with zero attached hydrogens (tertiary/aromatic N) is 3. The Morgan fingerprint density at radius 3 is 2.46 bits per heavy atom. The van der Waals surface area contributed by atoms with Crippen molar-refractivity contribution in [3.05, 3.63) is 35.9 Å². The molecule has 24 heavy (non-hydrogen) atoms. The maximum absolute atomic E-state index is 13.0. The summed E-state index contributed by atoms with van der Waals surface area (Å²) in [4.78, 5) is 26.7. The Morgan fingerprint density at radius 1 is 1.08 bits per heavy atom. The van der Waals surface area contributed by atoms with Crippen molar-refractivity contribution in [2.24, 2.45) is 0 Å². The first kappa shape index (κ1) is 16.7. The fourth-order valence-corrected chi connectivity index (χ4v) is 3.43. The minimum Gasteiger partial charge on any atom is -0.496 e. The van der Waals surface area contributed by atoms with E-state index in [4.69, 9.17) is 4.74 Å². The van der Waals surface area contributed by atoms with Crippen LogP contribution in [0, 0.1) is 0 Å². The first-order valence-corrected chi connectivity index (χ1v) is 8.41. The monoisotopic (exact) mass is 333 g/mol. The summed E-state index contributed by atoms with van der Waals surface area (Å²) in [5.41, 5.74) is 0.878. The highest BCUT2D eigenvalue weighted by atomic mass is 16.5. The Morgan fingerprint density at radius 2 is 1.79 bits per heavy atom. The molecule has 7 nitrogen and oxygen atoms in total. The van der Waals surface area contributed by atoms with Gasteiger partial charge in [0.05, 0.1) is 19.8 Å². The van der Waals surface area contributed by atoms with Gasteiger partial charge in [0.25, 0.3) is 6.09 Å². The zero-order chi connectivity index (χ0) is 17.0. The summed E-state index contributed by atoms with van der Waals surface area (Å²) in [7, 11) is 0. The van der Waals surface area contributed by atoms with E-state index in [-0.39, 0.29) is 12.6 Å². The number of ether oxygens (including phenoxy) is 1. The molecule has 130 valence electrons. The first-order valence-electron chi connectivity index (χ1n) is 8.41. The lowest BCUT2D eigenvalue weighted by atomic mass is 10.1. The summed E-state index contributed by atoms with van der Waals surface area (Å²) in [5.74, 6) is 0. The van der Waals surface area contributed by atoms with Crippen LogP contribution in [0.25, 0.3) is 0 Å². The van der Waals surface area contributed by atoms with Crippen molar-refractivity contribution in [2.75, 3.05) is 39.4 Å². The third-order valence-electron chi connectivity index (χ3n) is 4.74. The quantitative estimate of drug-likeness (QED) is 0.751. The first-order chi connectivity index (χ1) is 11.6. The average Bonchev–Trinajstić information content (AvgIpc) is 2.63. The molecule has 3 amide bonds. The van der Waals surface area contributed by atoms with E-state index in [2.05, 4.69) is 0 Å². The highest BCUT2D eigenvalue weighted by Crippen LogP contribution is 2.26. The Kier molecular flexibility index (Phi) is 5.01. The third-order valence-corrected chi connectivity index (χ3v) is 4.74. The van der Waals surface area contributed by atoms with Crippen LogP contribution < -0.4 is 5.11 Å². The second-order valence-corrected chi connectivity index (χ2v) is 6.27. The van der Waals surface area contributed by atoms with Gasteiger partial charge in [-0.3, -0.25) is 0 Å². The zero-order valence-electron chi connectivity index (χ0n) is 13.7. The van der Waals surface area contributed by atoms with E-state index in [1.165, 1.54) is 5.01 Å². The molecule has 1 atom stereocenters. The van der Waals surface area contributed by atoms with Gasteiger partial charge in [0.15, 0.2) is 0 Å². The molecule has 2 aliphatic rings. The molecule has 0 aliphatic carbocycles. The fourth-order valence-electron chi connectivity index (χ4n) is 3.43. The summed E-state index contributed by atoms with van der Waals surface area (Å²) in [6.07, 6.45) is 0.339. The van der Waals surface area contributed by atoms with Gasteiger partial charge >= 0.3 is 6.03 Å². The second-order valence-electron chi connectivity index (χ2n) is 6.27. The maximum Gasteiger partial charge on any atom is 0.364 e. The van der Waals surface area contributed by atoms with Crippen LogP contribution >= 0.6 is 0 Å². The van der Waals surface area contributed by atoms with Gasteiger partial charge in [0.2, 0.25) is 0 Å². The Balaban J connectivity index is 1.88. The summed E-state index contributed by atoms with van der Waals surface area (Å²) in [6.45, 7) is 2.98. The number of amides is 3. The molecule has 1 unspecified atom stereocenters. The summed E-state index contributed by atoms with van der Waals surface area (Å²) in [6, 6.07) is 9.17. The topological polar surface area (TPSA) is 72.9 Å². The number of carboxylic acid groups (broad SMARTS) is 1. The minimum absolute atomic E-state index is 0.221. The number of quaternary nitrogens is 1. The van der Waals surface area contributed by atoms with Gasteiger partial charge in [-0.15, -0.1) is 0 Å². The molecule has 1 aromatic carbocycles. The summed E-state index contributed by atoms with van der Waals surface area (Å²) in [5, 5.41) is 13.6. The number of morpholine rings is 1. The fraction of sp³-hybridized carbons (Fsp3) is 0.529. The lowest BCUT2D eigenvalue weighted by Gasteiger charge is -2.48. The molecule has 2 fully saturated rings. The molecule has 2 saturated heterocycles. The van der Waals surface area contributed by atoms with E-state index in [9.17, 15) is 14.7 Å². The zero-order valence-corrected chi connectivity index (χ0v) is 13.7. The molecule has 3 rings (SSSR count). The van der Waals surface area contributed by atoms with Crippen molar-refractivity contribution in [2.45, 2.75) is 19.4 Å². The van der Waals surface area contributed by atoms with Crippen molar-refractivity contribution in [3.63, 3.8) is 0 Å². The van der Waals surface area contributed by atoms with Crippen LogP contribution in [0.2, 0.25) is 0 Å². The number of hydrogen-bond donors (Lipinski definition) is 0. The predicted molar refractivity (Wildman–Crippen MR) is 84.4 cm³/mol. The van der Waals surface area contributed by atoms with E-state index in [1.807, 2.05) is 30.3 Å². The van der Waals surface area contributed by atoms with Crippen LogP contribution in [0.4, 0.5) is 9.59 Å². The molecule has 2 aliphatic heterocycles. The Labute approximate surface area is 141 Å². The van der Waals surface area contributed by atoms with Crippen LogP contribution in [0.1, 0.15) is 18.4 Å². The van der Waals surface area contributed by atoms with E-state index in [0.29, 0.717) is 39.4 Å². The van der Waals surface area contributed by atoms with E-state index in [1.54, 1.807) is 4.90 Å². The Bertz CT molecular complexity index is 589. The van der Waals surface area contributed by atoms with Crippen LogP contribution in [-0.4, -0.2) is 66.0 Å². The number of benzene rings is 1. The highest BCUT2D eigenvalue weighted by Gasteiger charge is 2.45. The molecule has 0 saturated carbocycles. The molecule has 2 heterocycles. The van der Waals surface area contributed by atoms with Gasteiger partial charge in [-0.25, -0.2) is 4.79 Å². The largest absolute Gasteiger partial charge is 0.496 e. The van der Waals surface area contributed by atoms with Crippen molar-refractivity contribution >= 4 is 12.1 Å². The van der Waals surface area contributed by atoms with Gasteiger partial charge in [-0.1, -0.05) is 30.3 Å². The maximum atomic E-state index is 13.0. The van der Waals surface area contributed by atoms with Gasteiger partial charge in [-0.05, 0) is 6.42 Å². The average molecular weight is 333 g/mol. The van der Waals surface area contributed by atoms with Crippen molar-refractivity contribution in [1.29, 1.82) is 0 Å². The van der Waals surface area contributed by atoms with Crippen LogP contribution in [0.3, 0.4) is 0 Å². The van der Waals surface area contributed by atoms with Crippen LogP contribution in [0.5, 0.6) is 0 Å². The standard InChI is InChI=1S/C17H23N3O4/c21-16(18-9-12-24-13-10-18)19-8-4-5-11-20(19,17(22)23)14-15-6-2-1-3-7-15/h1-3,6-7H,4-5,8-14H2. The molecular formula is C17H23N3O4. The van der Waals surface area contributed by atoms with E-state index >= 15 is 0 Å². The minimum atomic E-state index is -1.22. The SMILES string of the molecule is O=C(N1CCOCC1)N1CCCC[N+]1(Cc1ccccc1)C(=O)[O-]. The normalized spacial score (nSPS) is 24.7. The molecule has 0 N–H and O–H groups in total. The van der Waals surface area contributed by atoms with Gasteiger partial charge in [0, 0.05) is 25.1 Å². The number of carbonyl (C=O) groups is 2. The molecule has 0 radical (unpaired) electrons. The number of rotatable bonds is 2. The number of carbonyl (C=O) groups excluding carboxylic acids is 2. The highest BCUT2D eigenvalue weighted by molar-refractivity contribution is 5.74. The van der Waals surface area contributed by atoms with Crippen LogP contribution in [0.15, 0.2) is 30.3 Å². The smallest absolute Gasteiger partial charge is 0.364 e. The van der Waals surface area contributed by atoms with Gasteiger partial charge < -0.3 is 19.5 Å². The lowest BCUT2D eigenvalue weighted by Crippen LogP contribution is -2.72. The van der Waals surface area contributed by atoms with Crippen molar-refractivity contribution < 1.29 is 24.0 Å². The molecule has 0 spiro atoms. The predicted octanol–water partition coefficient (Wildman–Crippen LogP) is 0.810. The molecular weight excluding hydrogens is 310 g/mol. The molecule has 7 heteroatoms. The Hall–Kier alpha value is -2.12. The van der Waals surface area contributed by atoms with E-state index in [0.717, 1.165) is 18.4 Å². The van der Waals surface area contributed by atoms with Crippen molar-refractivity contribution in [3.8, 4) is 0 Å². The van der Waals surface area contributed by atoms with E-state index < -0.39 is 10.7 Å². The third kappa shape index (κ3) is 3.22. The number of urea groups is 1.